The molecule has 1 aliphatic heterocycles. The van der Waals surface area contributed by atoms with Crippen LogP contribution in [-0.4, -0.2) is 16.8 Å². The average molecular weight is 155 g/mol. The van der Waals surface area contributed by atoms with Crippen LogP contribution < -0.4 is 0 Å². The lowest BCUT2D eigenvalue weighted by Gasteiger charge is -2.20. The summed E-state index contributed by atoms with van der Waals surface area (Å²) in [4.78, 5) is 2.45. The second-order valence-corrected chi connectivity index (χ2v) is 4.39. The van der Waals surface area contributed by atoms with Crippen LogP contribution in [0.2, 0.25) is 0 Å². The number of hydrogen-bond acceptors (Lipinski definition) is 2. The molecule has 1 atom stereocenters. The zero-order chi connectivity index (χ0) is 6.97. The second-order valence-electron chi connectivity index (χ2n) is 3.16. The van der Waals surface area contributed by atoms with Crippen LogP contribution in [0.3, 0.4) is 0 Å². The minimum Gasteiger partial charge on any atom is -0.365 e. The molecule has 2 heteroatoms. The minimum absolute atomic E-state index is 0.695. The van der Waals surface area contributed by atoms with E-state index in [9.17, 15) is 0 Å². The lowest BCUT2D eigenvalue weighted by molar-refractivity contribution is 0.360. The van der Waals surface area contributed by atoms with Gasteiger partial charge in [0.15, 0.2) is 0 Å². The Kier molecular flexibility index (Phi) is 1.65. The molecule has 2 aliphatic rings. The zero-order valence-electron chi connectivity index (χ0n) is 6.29. The molecule has 0 radical (unpaired) electrons. The Morgan fingerprint density at radius 1 is 1.60 bits per heavy atom. The van der Waals surface area contributed by atoms with Crippen LogP contribution in [0.1, 0.15) is 19.8 Å². The summed E-state index contributed by atoms with van der Waals surface area (Å²) >= 11 is 1.92. The van der Waals surface area contributed by atoms with Crippen molar-refractivity contribution in [3.05, 3.63) is 11.6 Å². The van der Waals surface area contributed by atoms with E-state index in [0.29, 0.717) is 5.37 Å². The fourth-order valence-electron chi connectivity index (χ4n) is 1.23. The molecule has 0 aromatic carbocycles. The molecule has 10 heavy (non-hydrogen) atoms. The standard InChI is InChI=1S/C8H13NS/c1-7-9(4-5-10-7)6-8-2-3-8/h4-5,7-8H,2-3,6H2,1H3. The highest BCUT2D eigenvalue weighted by atomic mass is 32.2. The Labute approximate surface area is 66.5 Å². The molecule has 0 spiro atoms. The largest absolute Gasteiger partial charge is 0.365 e. The van der Waals surface area contributed by atoms with Gasteiger partial charge in [-0.2, -0.15) is 0 Å². The van der Waals surface area contributed by atoms with E-state index in [2.05, 4.69) is 23.4 Å². The molecule has 0 saturated heterocycles. The van der Waals surface area contributed by atoms with Crippen LogP contribution in [0.5, 0.6) is 0 Å². The predicted molar refractivity (Wildman–Crippen MR) is 45.6 cm³/mol. The summed E-state index contributed by atoms with van der Waals surface area (Å²) in [6, 6.07) is 0. The van der Waals surface area contributed by atoms with Crippen molar-refractivity contribution in [2.24, 2.45) is 5.92 Å². The highest BCUT2D eigenvalue weighted by Crippen LogP contribution is 2.33. The van der Waals surface area contributed by atoms with E-state index in [1.807, 2.05) is 11.8 Å². The first-order chi connectivity index (χ1) is 4.86. The maximum atomic E-state index is 2.45. The molecule has 1 unspecified atom stereocenters. The molecule has 1 nitrogen and oxygen atoms in total. The molecular weight excluding hydrogens is 142 g/mol. The Morgan fingerprint density at radius 2 is 2.40 bits per heavy atom. The van der Waals surface area contributed by atoms with Gasteiger partial charge in [0, 0.05) is 12.7 Å². The quantitative estimate of drug-likeness (QED) is 0.602. The van der Waals surface area contributed by atoms with Crippen LogP contribution >= 0.6 is 11.8 Å². The van der Waals surface area contributed by atoms with Crippen molar-refractivity contribution < 1.29 is 0 Å². The van der Waals surface area contributed by atoms with Crippen molar-refractivity contribution >= 4 is 11.8 Å². The van der Waals surface area contributed by atoms with Gasteiger partial charge >= 0.3 is 0 Å². The molecule has 0 aromatic heterocycles. The Hall–Kier alpha value is -0.110. The smallest absolute Gasteiger partial charge is 0.0758 e. The van der Waals surface area contributed by atoms with E-state index in [4.69, 9.17) is 0 Å². The average Bonchev–Trinajstić information content (AvgIpc) is 2.62. The van der Waals surface area contributed by atoms with E-state index in [1.165, 1.54) is 19.4 Å². The third-order valence-corrected chi connectivity index (χ3v) is 3.10. The summed E-state index contributed by atoms with van der Waals surface area (Å²) in [7, 11) is 0. The molecule has 0 N–H and O–H groups in total. The number of rotatable bonds is 2. The molecule has 0 bridgehead atoms. The van der Waals surface area contributed by atoms with Crippen molar-refractivity contribution in [1.29, 1.82) is 0 Å². The third kappa shape index (κ3) is 1.31. The van der Waals surface area contributed by atoms with Gasteiger partial charge in [-0.3, -0.25) is 0 Å². The first-order valence-electron chi connectivity index (χ1n) is 3.94. The van der Waals surface area contributed by atoms with Crippen LogP contribution in [0.25, 0.3) is 0 Å². The highest BCUT2D eigenvalue weighted by Gasteiger charge is 2.26. The summed E-state index contributed by atoms with van der Waals surface area (Å²) < 4.78 is 0. The van der Waals surface area contributed by atoms with E-state index in [0.717, 1.165) is 5.92 Å². The van der Waals surface area contributed by atoms with Gasteiger partial charge in [0.25, 0.3) is 0 Å². The molecule has 1 heterocycles. The van der Waals surface area contributed by atoms with Crippen molar-refractivity contribution in [3.63, 3.8) is 0 Å². The molecule has 2 rings (SSSR count). The number of nitrogens with zero attached hydrogens (tertiary/aromatic N) is 1. The van der Waals surface area contributed by atoms with Crippen LogP contribution in [-0.2, 0) is 0 Å². The van der Waals surface area contributed by atoms with E-state index in [-0.39, 0.29) is 0 Å². The van der Waals surface area contributed by atoms with Gasteiger partial charge in [0.05, 0.1) is 5.37 Å². The van der Waals surface area contributed by atoms with E-state index < -0.39 is 0 Å². The SMILES string of the molecule is CC1SC=CN1CC1CC1. The van der Waals surface area contributed by atoms with Crippen LogP contribution in [0.4, 0.5) is 0 Å². The van der Waals surface area contributed by atoms with Crippen molar-refractivity contribution in [2.45, 2.75) is 25.1 Å². The van der Waals surface area contributed by atoms with Crippen molar-refractivity contribution in [3.8, 4) is 0 Å². The summed E-state index contributed by atoms with van der Waals surface area (Å²) in [5.74, 6) is 1.02. The first-order valence-corrected chi connectivity index (χ1v) is 4.88. The number of thioether (sulfide) groups is 1. The van der Waals surface area contributed by atoms with Gasteiger partial charge in [0.2, 0.25) is 0 Å². The number of hydrogen-bond donors (Lipinski definition) is 0. The van der Waals surface area contributed by atoms with Crippen LogP contribution in [0.15, 0.2) is 11.6 Å². The Morgan fingerprint density at radius 3 is 2.90 bits per heavy atom. The first kappa shape index (κ1) is 6.59. The maximum Gasteiger partial charge on any atom is 0.0758 e. The van der Waals surface area contributed by atoms with Gasteiger partial charge in [-0.05, 0) is 31.1 Å². The van der Waals surface area contributed by atoms with Crippen molar-refractivity contribution in [2.75, 3.05) is 6.54 Å². The van der Waals surface area contributed by atoms with Gasteiger partial charge in [-0.15, -0.1) is 11.8 Å². The van der Waals surface area contributed by atoms with Gasteiger partial charge < -0.3 is 4.90 Å². The molecular formula is C8H13NS. The topological polar surface area (TPSA) is 3.24 Å². The van der Waals surface area contributed by atoms with Gasteiger partial charge in [-0.1, -0.05) is 0 Å². The Balaban J connectivity index is 1.84. The summed E-state index contributed by atoms with van der Waals surface area (Å²) in [6.07, 6.45) is 5.15. The fourth-order valence-corrected chi connectivity index (χ4v) is 2.00. The second kappa shape index (κ2) is 2.50. The fraction of sp³-hybridized carbons (Fsp3) is 0.750. The van der Waals surface area contributed by atoms with Gasteiger partial charge in [-0.25, -0.2) is 0 Å². The lowest BCUT2D eigenvalue weighted by Crippen LogP contribution is -2.23. The van der Waals surface area contributed by atoms with Crippen LogP contribution in [0, 0.1) is 5.92 Å². The normalized spacial score (nSPS) is 31.7. The predicted octanol–water partition coefficient (Wildman–Crippen LogP) is 2.26. The highest BCUT2D eigenvalue weighted by molar-refractivity contribution is 8.02. The molecule has 0 amide bonds. The Bertz CT molecular complexity index is 151. The molecule has 1 fully saturated rings. The van der Waals surface area contributed by atoms with E-state index >= 15 is 0 Å². The third-order valence-electron chi connectivity index (χ3n) is 2.16. The molecule has 56 valence electrons. The zero-order valence-corrected chi connectivity index (χ0v) is 7.10. The summed E-state index contributed by atoms with van der Waals surface area (Å²) in [6.45, 7) is 3.57. The monoisotopic (exact) mass is 155 g/mol. The van der Waals surface area contributed by atoms with E-state index in [1.54, 1.807) is 0 Å². The van der Waals surface area contributed by atoms with Gasteiger partial charge in [0.1, 0.15) is 0 Å². The molecule has 1 saturated carbocycles. The van der Waals surface area contributed by atoms with Crippen molar-refractivity contribution in [1.82, 2.24) is 4.90 Å². The molecule has 0 aromatic rings. The maximum absolute atomic E-state index is 2.45. The summed E-state index contributed by atoms with van der Waals surface area (Å²) in [5.41, 5.74) is 0. The lowest BCUT2D eigenvalue weighted by atomic mass is 10.4. The molecule has 1 aliphatic carbocycles. The summed E-state index contributed by atoms with van der Waals surface area (Å²) in [5, 5.41) is 2.90. The minimum atomic E-state index is 0.695.